The maximum atomic E-state index is 12.1. The fourth-order valence-electron chi connectivity index (χ4n) is 2.87. The Morgan fingerprint density at radius 3 is 2.90 bits per heavy atom. The van der Waals surface area contributed by atoms with E-state index < -0.39 is 6.29 Å². The molecule has 0 spiro atoms. The highest BCUT2D eigenvalue weighted by Crippen LogP contribution is 2.30. The van der Waals surface area contributed by atoms with E-state index in [1.165, 1.54) is 0 Å². The Balaban J connectivity index is 1.35. The maximum Gasteiger partial charge on any atom is 0.224 e. The number of thioether (sulfide) groups is 1. The van der Waals surface area contributed by atoms with Crippen molar-refractivity contribution < 1.29 is 4.79 Å². The lowest BCUT2D eigenvalue weighted by molar-refractivity contribution is -0.124. The number of anilines is 1. The summed E-state index contributed by atoms with van der Waals surface area (Å²) in [7, 11) is 0. The van der Waals surface area contributed by atoms with Crippen molar-refractivity contribution in [3.8, 4) is 0 Å². The monoisotopic (exact) mass is 446 g/mol. The van der Waals surface area contributed by atoms with Crippen LogP contribution in [0.1, 0.15) is 6.42 Å². The van der Waals surface area contributed by atoms with Crippen LogP contribution < -0.4 is 21.7 Å². The molecule has 10 heteroatoms. The van der Waals surface area contributed by atoms with Gasteiger partial charge in [-0.2, -0.15) is 0 Å². The summed E-state index contributed by atoms with van der Waals surface area (Å²) in [6, 6.07) is 15.1. The molecule has 0 bridgehead atoms. The van der Waals surface area contributed by atoms with Crippen LogP contribution in [-0.2, 0) is 4.79 Å². The molecule has 1 aromatic heterocycles. The van der Waals surface area contributed by atoms with Crippen molar-refractivity contribution in [2.75, 3.05) is 11.1 Å². The van der Waals surface area contributed by atoms with Crippen LogP contribution in [-0.4, -0.2) is 34.9 Å². The van der Waals surface area contributed by atoms with Gasteiger partial charge >= 0.3 is 0 Å². The zero-order valence-electron chi connectivity index (χ0n) is 15.3. The second-order valence-electron chi connectivity index (χ2n) is 6.44. The van der Waals surface area contributed by atoms with E-state index in [0.29, 0.717) is 17.2 Å². The summed E-state index contributed by atoms with van der Waals surface area (Å²) >= 11 is 9.17. The molecule has 1 aliphatic heterocycles. The molecule has 5 N–H and O–H groups in total. The zero-order chi connectivity index (χ0) is 20.2. The Morgan fingerprint density at radius 1 is 1.31 bits per heavy atom. The summed E-state index contributed by atoms with van der Waals surface area (Å²) < 4.78 is 2.15. The number of nitrogens with two attached hydrogens (primary N) is 1. The number of amides is 1. The quantitative estimate of drug-likeness (QED) is 0.272. The number of fused-ring (bicyclic) bond motifs is 1. The van der Waals surface area contributed by atoms with Crippen molar-refractivity contribution in [2.45, 2.75) is 23.1 Å². The molecule has 1 amide bonds. The fraction of sp³-hybridized carbons (Fsp3) is 0.211. The van der Waals surface area contributed by atoms with Crippen LogP contribution >= 0.6 is 34.7 Å². The average Bonchev–Trinajstić information content (AvgIpc) is 3.11. The second kappa shape index (κ2) is 9.00. The first kappa shape index (κ1) is 20.0. The third kappa shape index (κ3) is 5.39. The number of hydrogen-bond acceptors (Lipinski definition) is 6. The van der Waals surface area contributed by atoms with E-state index in [0.717, 1.165) is 20.2 Å². The number of guanidine groups is 1. The van der Waals surface area contributed by atoms with E-state index in [4.69, 9.17) is 17.3 Å². The highest BCUT2D eigenvalue weighted by Gasteiger charge is 2.26. The standard InChI is InChI=1S/C19H19ClN6OS2/c20-11-5-7-12(8-6-11)22-17(21)26-18-23-13(9-16(27)25-18)10-28-19-24-14-3-1-2-4-15(14)29-19/h1-8,13,18,23H,9-10H2,(H,25,27)(H3,21,22,26). The average molecular weight is 447 g/mol. The summed E-state index contributed by atoms with van der Waals surface area (Å²) in [6.07, 6.45) is -0.203. The van der Waals surface area contributed by atoms with E-state index in [2.05, 4.69) is 32.0 Å². The molecule has 1 aliphatic rings. The van der Waals surface area contributed by atoms with Crippen molar-refractivity contribution in [3.05, 3.63) is 53.6 Å². The van der Waals surface area contributed by atoms with Crippen LogP contribution in [0.25, 0.3) is 10.2 Å². The lowest BCUT2D eigenvalue weighted by atomic mass is 10.2. The number of aromatic nitrogens is 1. The normalized spacial score (nSPS) is 19.9. The van der Waals surface area contributed by atoms with Crippen molar-refractivity contribution in [1.82, 2.24) is 15.6 Å². The third-order valence-electron chi connectivity index (χ3n) is 4.19. The van der Waals surface area contributed by atoms with Gasteiger partial charge in [0.25, 0.3) is 0 Å². The lowest BCUT2D eigenvalue weighted by Gasteiger charge is -2.29. The molecule has 1 saturated heterocycles. The first-order chi connectivity index (χ1) is 14.0. The number of benzene rings is 2. The van der Waals surface area contributed by atoms with Gasteiger partial charge in [-0.15, -0.1) is 11.3 Å². The Kier molecular flexibility index (Phi) is 6.19. The van der Waals surface area contributed by atoms with Crippen LogP contribution in [0.3, 0.4) is 0 Å². The van der Waals surface area contributed by atoms with E-state index in [-0.39, 0.29) is 17.9 Å². The van der Waals surface area contributed by atoms with Crippen LogP contribution in [0.15, 0.2) is 57.9 Å². The summed E-state index contributed by atoms with van der Waals surface area (Å²) in [5, 5.41) is 9.72. The Bertz CT molecular complexity index is 1010. The summed E-state index contributed by atoms with van der Waals surface area (Å²) in [4.78, 5) is 21.0. The van der Waals surface area contributed by atoms with Gasteiger partial charge in [0.2, 0.25) is 5.91 Å². The maximum absolute atomic E-state index is 12.1. The molecular formula is C19H19ClN6OS2. The van der Waals surface area contributed by atoms with Gasteiger partial charge in [0.15, 0.2) is 16.6 Å². The lowest BCUT2D eigenvalue weighted by Crippen LogP contribution is -2.57. The summed E-state index contributed by atoms with van der Waals surface area (Å²) in [6.45, 7) is 0. The number of rotatable bonds is 5. The van der Waals surface area contributed by atoms with E-state index in [1.807, 2.05) is 18.2 Å². The highest BCUT2D eigenvalue weighted by atomic mass is 35.5. The molecule has 2 atom stereocenters. The van der Waals surface area contributed by atoms with Crippen molar-refractivity contribution in [2.24, 2.45) is 10.7 Å². The minimum absolute atomic E-state index is 0.0298. The molecule has 0 saturated carbocycles. The number of thiazole rings is 1. The predicted molar refractivity (Wildman–Crippen MR) is 121 cm³/mol. The minimum atomic E-state index is -0.586. The van der Waals surface area contributed by atoms with Crippen molar-refractivity contribution >= 4 is 62.5 Å². The van der Waals surface area contributed by atoms with Gasteiger partial charge in [0, 0.05) is 28.9 Å². The van der Waals surface area contributed by atoms with E-state index >= 15 is 0 Å². The van der Waals surface area contributed by atoms with Gasteiger partial charge in [-0.3, -0.25) is 10.1 Å². The third-order valence-corrected chi connectivity index (χ3v) is 6.78. The van der Waals surface area contributed by atoms with Gasteiger partial charge in [-0.25, -0.2) is 9.98 Å². The first-order valence-corrected chi connectivity index (χ1v) is 11.1. The van der Waals surface area contributed by atoms with Gasteiger partial charge in [-0.1, -0.05) is 35.5 Å². The molecule has 0 aliphatic carbocycles. The minimum Gasteiger partial charge on any atom is -0.370 e. The molecule has 1 fully saturated rings. The molecule has 4 rings (SSSR count). The number of nitrogens with zero attached hydrogens (tertiary/aromatic N) is 2. The van der Waals surface area contributed by atoms with Crippen LogP contribution in [0.4, 0.5) is 5.69 Å². The number of nitrogens with one attached hydrogen (secondary N) is 3. The van der Waals surface area contributed by atoms with Crippen LogP contribution in [0.2, 0.25) is 5.02 Å². The van der Waals surface area contributed by atoms with Crippen molar-refractivity contribution in [1.29, 1.82) is 0 Å². The van der Waals surface area contributed by atoms with Crippen LogP contribution in [0.5, 0.6) is 0 Å². The summed E-state index contributed by atoms with van der Waals surface area (Å²) in [5.74, 6) is 0.848. The molecule has 29 heavy (non-hydrogen) atoms. The zero-order valence-corrected chi connectivity index (χ0v) is 17.7. The second-order valence-corrected chi connectivity index (χ2v) is 9.18. The number of halogens is 1. The molecule has 150 valence electrons. The SMILES string of the molecule is N/C(=N\C1NC(=O)CC(CSc2nc3ccccc3s2)N1)Nc1ccc(Cl)cc1. The largest absolute Gasteiger partial charge is 0.370 e. The predicted octanol–water partition coefficient (Wildman–Crippen LogP) is 3.23. The fourth-order valence-corrected chi connectivity index (χ4v) is 5.13. The number of carbonyl (C=O) groups excluding carboxylic acids is 1. The first-order valence-electron chi connectivity index (χ1n) is 8.95. The molecule has 7 nitrogen and oxygen atoms in total. The van der Waals surface area contributed by atoms with E-state index in [1.54, 1.807) is 47.4 Å². The Hall–Kier alpha value is -2.33. The molecule has 2 aromatic carbocycles. The van der Waals surface area contributed by atoms with E-state index in [9.17, 15) is 4.79 Å². The number of aliphatic imine (C=N–C) groups is 1. The van der Waals surface area contributed by atoms with Gasteiger partial charge < -0.3 is 16.4 Å². The molecular weight excluding hydrogens is 428 g/mol. The van der Waals surface area contributed by atoms with Gasteiger partial charge in [0.1, 0.15) is 0 Å². The number of para-hydroxylation sites is 1. The molecule has 0 radical (unpaired) electrons. The smallest absolute Gasteiger partial charge is 0.224 e. The van der Waals surface area contributed by atoms with Crippen LogP contribution in [0, 0.1) is 0 Å². The number of hydrogen-bond donors (Lipinski definition) is 4. The topological polar surface area (TPSA) is 104 Å². The Morgan fingerprint density at radius 2 is 2.10 bits per heavy atom. The van der Waals surface area contributed by atoms with Gasteiger partial charge in [-0.05, 0) is 36.4 Å². The Labute approximate surface area is 181 Å². The number of carbonyl (C=O) groups is 1. The summed E-state index contributed by atoms with van der Waals surface area (Å²) in [5.41, 5.74) is 7.74. The molecule has 3 aromatic rings. The van der Waals surface area contributed by atoms with Crippen molar-refractivity contribution in [3.63, 3.8) is 0 Å². The highest BCUT2D eigenvalue weighted by molar-refractivity contribution is 8.01. The molecule has 2 heterocycles. The van der Waals surface area contributed by atoms with Gasteiger partial charge in [0.05, 0.1) is 10.2 Å². The molecule has 2 unspecified atom stereocenters.